The summed E-state index contributed by atoms with van der Waals surface area (Å²) in [6, 6.07) is 15.2. The van der Waals surface area contributed by atoms with Crippen molar-refractivity contribution >= 4 is 26.9 Å². The molecule has 2 aromatic carbocycles. The maximum absolute atomic E-state index is 12.5. The monoisotopic (exact) mass is 384 g/mol. The maximum Gasteiger partial charge on any atom is 0.251 e. The standard InChI is InChI=1S/C20H20N2O4S/c1-13(19-12-15-4-2-3-5-18(15)26-19)21-20(23)14-6-10-17(11-7-14)27(24,25)22-16-8-9-16/h2-7,10-13,16,22H,8-9H2,1H3,(H,21,23). The van der Waals surface area contributed by atoms with Crippen LogP contribution < -0.4 is 10.0 Å². The molecule has 1 aromatic heterocycles. The number of nitrogens with one attached hydrogen (secondary N) is 2. The molecule has 1 heterocycles. The van der Waals surface area contributed by atoms with Crippen LogP contribution in [0.2, 0.25) is 0 Å². The molecular weight excluding hydrogens is 364 g/mol. The van der Waals surface area contributed by atoms with E-state index in [4.69, 9.17) is 4.42 Å². The van der Waals surface area contributed by atoms with Gasteiger partial charge in [0.15, 0.2) is 0 Å². The fraction of sp³-hybridized carbons (Fsp3) is 0.250. The summed E-state index contributed by atoms with van der Waals surface area (Å²) in [5.74, 6) is 0.374. The van der Waals surface area contributed by atoms with Crippen LogP contribution in [0.25, 0.3) is 11.0 Å². The molecule has 0 aliphatic heterocycles. The molecule has 7 heteroatoms. The molecule has 4 rings (SSSR count). The van der Waals surface area contributed by atoms with E-state index in [9.17, 15) is 13.2 Å². The third kappa shape index (κ3) is 3.89. The van der Waals surface area contributed by atoms with Crippen LogP contribution in [-0.2, 0) is 10.0 Å². The second kappa shape index (κ2) is 6.83. The Hall–Kier alpha value is -2.64. The molecular formula is C20H20N2O4S. The van der Waals surface area contributed by atoms with Crippen molar-refractivity contribution in [2.24, 2.45) is 0 Å². The zero-order chi connectivity index (χ0) is 19.0. The van der Waals surface area contributed by atoms with Gasteiger partial charge in [-0.3, -0.25) is 4.79 Å². The Balaban J connectivity index is 1.45. The van der Waals surface area contributed by atoms with Crippen molar-refractivity contribution in [2.75, 3.05) is 0 Å². The average molecular weight is 384 g/mol. The number of amides is 1. The van der Waals surface area contributed by atoms with Crippen molar-refractivity contribution < 1.29 is 17.6 Å². The molecule has 1 unspecified atom stereocenters. The number of furan rings is 1. The predicted octanol–water partition coefficient (Wildman–Crippen LogP) is 3.36. The van der Waals surface area contributed by atoms with Crippen molar-refractivity contribution in [3.05, 3.63) is 65.9 Å². The molecule has 27 heavy (non-hydrogen) atoms. The summed E-state index contributed by atoms with van der Waals surface area (Å²) in [6.45, 7) is 1.84. The number of rotatable bonds is 6. The van der Waals surface area contributed by atoms with Crippen LogP contribution in [0.3, 0.4) is 0 Å². The average Bonchev–Trinajstić information content (AvgIpc) is 3.34. The van der Waals surface area contributed by atoms with Crippen LogP contribution in [0.5, 0.6) is 0 Å². The first-order chi connectivity index (χ1) is 12.9. The van der Waals surface area contributed by atoms with Crippen LogP contribution >= 0.6 is 0 Å². The smallest absolute Gasteiger partial charge is 0.251 e. The minimum absolute atomic E-state index is 0.0441. The summed E-state index contributed by atoms with van der Waals surface area (Å²) in [4.78, 5) is 12.6. The largest absolute Gasteiger partial charge is 0.459 e. The van der Waals surface area contributed by atoms with Gasteiger partial charge in [0.2, 0.25) is 10.0 Å². The van der Waals surface area contributed by atoms with Gasteiger partial charge < -0.3 is 9.73 Å². The number of benzene rings is 2. The van der Waals surface area contributed by atoms with Crippen molar-refractivity contribution in [3.63, 3.8) is 0 Å². The number of hydrogen-bond acceptors (Lipinski definition) is 4. The molecule has 0 saturated heterocycles. The van der Waals surface area contributed by atoms with E-state index in [-0.39, 0.29) is 22.9 Å². The van der Waals surface area contributed by atoms with E-state index in [2.05, 4.69) is 10.0 Å². The normalized spacial score (nSPS) is 15.6. The first kappa shape index (κ1) is 17.8. The van der Waals surface area contributed by atoms with Crippen LogP contribution in [-0.4, -0.2) is 20.4 Å². The Kier molecular flexibility index (Phi) is 4.49. The molecule has 1 fully saturated rings. The van der Waals surface area contributed by atoms with Gasteiger partial charge in [-0.2, -0.15) is 0 Å². The molecule has 0 bridgehead atoms. The first-order valence-corrected chi connectivity index (χ1v) is 10.3. The lowest BCUT2D eigenvalue weighted by atomic mass is 10.1. The predicted molar refractivity (Wildman–Crippen MR) is 102 cm³/mol. The molecule has 1 saturated carbocycles. The zero-order valence-corrected chi connectivity index (χ0v) is 15.6. The molecule has 1 amide bonds. The Morgan fingerprint density at radius 3 is 2.48 bits per heavy atom. The summed E-state index contributed by atoms with van der Waals surface area (Å²) in [5.41, 5.74) is 1.16. The second-order valence-electron chi connectivity index (χ2n) is 6.80. The molecule has 0 spiro atoms. The SMILES string of the molecule is CC(NC(=O)c1ccc(S(=O)(=O)NC2CC2)cc1)c1cc2ccccc2o1. The van der Waals surface area contributed by atoms with Gasteiger partial charge in [0.25, 0.3) is 5.91 Å². The van der Waals surface area contributed by atoms with Gasteiger partial charge in [0.05, 0.1) is 10.9 Å². The highest BCUT2D eigenvalue weighted by Gasteiger charge is 2.28. The van der Waals surface area contributed by atoms with Gasteiger partial charge in [-0.1, -0.05) is 18.2 Å². The number of hydrogen-bond donors (Lipinski definition) is 2. The van der Waals surface area contributed by atoms with E-state index in [1.54, 1.807) is 0 Å². The highest BCUT2D eigenvalue weighted by atomic mass is 32.2. The van der Waals surface area contributed by atoms with Gasteiger partial charge in [0, 0.05) is 17.0 Å². The summed E-state index contributed by atoms with van der Waals surface area (Å²) < 4.78 is 32.8. The third-order valence-electron chi connectivity index (χ3n) is 4.54. The van der Waals surface area contributed by atoms with E-state index in [1.165, 1.54) is 24.3 Å². The molecule has 6 nitrogen and oxygen atoms in total. The summed E-state index contributed by atoms with van der Waals surface area (Å²) in [6.07, 6.45) is 1.75. The highest BCUT2D eigenvalue weighted by molar-refractivity contribution is 7.89. The molecule has 140 valence electrons. The fourth-order valence-corrected chi connectivity index (χ4v) is 4.15. The Labute approximate surface area is 157 Å². The van der Waals surface area contributed by atoms with Gasteiger partial charge in [-0.25, -0.2) is 13.1 Å². The fourth-order valence-electron chi connectivity index (χ4n) is 2.84. The zero-order valence-electron chi connectivity index (χ0n) is 14.8. The lowest BCUT2D eigenvalue weighted by molar-refractivity contribution is 0.0935. The second-order valence-corrected chi connectivity index (χ2v) is 8.52. The van der Waals surface area contributed by atoms with Gasteiger partial charge in [0.1, 0.15) is 11.3 Å². The summed E-state index contributed by atoms with van der Waals surface area (Å²) >= 11 is 0. The van der Waals surface area contributed by atoms with Crippen molar-refractivity contribution in [1.82, 2.24) is 10.0 Å². The topological polar surface area (TPSA) is 88.4 Å². The van der Waals surface area contributed by atoms with Crippen LogP contribution in [0.15, 0.2) is 63.9 Å². The Morgan fingerprint density at radius 2 is 1.81 bits per heavy atom. The number of sulfonamides is 1. The van der Waals surface area contributed by atoms with E-state index in [0.717, 1.165) is 23.8 Å². The van der Waals surface area contributed by atoms with Crippen molar-refractivity contribution in [3.8, 4) is 0 Å². The Bertz CT molecular complexity index is 1050. The molecule has 1 aliphatic carbocycles. The maximum atomic E-state index is 12.5. The van der Waals surface area contributed by atoms with E-state index in [0.29, 0.717) is 11.3 Å². The number of carbonyl (C=O) groups is 1. The minimum Gasteiger partial charge on any atom is -0.459 e. The molecule has 0 radical (unpaired) electrons. The van der Waals surface area contributed by atoms with Gasteiger partial charge in [-0.15, -0.1) is 0 Å². The Morgan fingerprint density at radius 1 is 1.11 bits per heavy atom. The van der Waals surface area contributed by atoms with Gasteiger partial charge >= 0.3 is 0 Å². The summed E-state index contributed by atoms with van der Waals surface area (Å²) in [7, 11) is -3.52. The molecule has 1 atom stereocenters. The van der Waals surface area contributed by atoms with Crippen molar-refractivity contribution in [1.29, 1.82) is 0 Å². The lowest BCUT2D eigenvalue weighted by Gasteiger charge is -2.12. The van der Waals surface area contributed by atoms with E-state index >= 15 is 0 Å². The number of para-hydroxylation sites is 1. The molecule has 1 aliphatic rings. The van der Waals surface area contributed by atoms with E-state index in [1.807, 2.05) is 37.3 Å². The van der Waals surface area contributed by atoms with Crippen LogP contribution in [0.1, 0.15) is 41.9 Å². The van der Waals surface area contributed by atoms with Crippen molar-refractivity contribution in [2.45, 2.75) is 36.7 Å². The highest BCUT2D eigenvalue weighted by Crippen LogP contribution is 2.24. The van der Waals surface area contributed by atoms with Gasteiger partial charge in [-0.05, 0) is 56.2 Å². The lowest BCUT2D eigenvalue weighted by Crippen LogP contribution is -2.27. The number of carbonyl (C=O) groups excluding carboxylic acids is 1. The third-order valence-corrected chi connectivity index (χ3v) is 6.08. The number of fused-ring (bicyclic) bond motifs is 1. The first-order valence-electron chi connectivity index (χ1n) is 8.84. The quantitative estimate of drug-likeness (QED) is 0.682. The molecule has 2 N–H and O–H groups in total. The minimum atomic E-state index is -3.52. The summed E-state index contributed by atoms with van der Waals surface area (Å²) in [5, 5.41) is 3.85. The van der Waals surface area contributed by atoms with Crippen LogP contribution in [0.4, 0.5) is 0 Å². The van der Waals surface area contributed by atoms with E-state index < -0.39 is 10.0 Å². The molecule has 3 aromatic rings. The van der Waals surface area contributed by atoms with Crippen LogP contribution in [0, 0.1) is 0 Å².